The van der Waals surface area contributed by atoms with Crippen LogP contribution >= 0.6 is 0 Å². The lowest BCUT2D eigenvalue weighted by Gasteiger charge is -2.43. The third-order valence-electron chi connectivity index (χ3n) is 9.84. The fraction of sp³-hybridized carbons (Fsp3) is 0.632. The topological polar surface area (TPSA) is 20.2 Å². The Morgan fingerprint density at radius 2 is 1.67 bits per heavy atom. The second-order valence-corrected chi connectivity index (χ2v) is 14.0. The van der Waals surface area contributed by atoms with E-state index in [9.17, 15) is 5.11 Å². The number of phenolic OH excluding ortho intramolecular Hbond substituents is 1. The molecule has 2 aliphatic carbocycles. The summed E-state index contributed by atoms with van der Waals surface area (Å²) in [5.74, 6) is 3.61. The van der Waals surface area contributed by atoms with Gasteiger partial charge in [-0.05, 0) is 115 Å². The molecule has 0 radical (unpaired) electrons. The summed E-state index contributed by atoms with van der Waals surface area (Å²) in [6, 6.07) is 15.4. The zero-order chi connectivity index (χ0) is 27.7. The smallest absolute Gasteiger partial charge is 0.116 e. The Hall–Kier alpha value is -2.02. The van der Waals surface area contributed by atoms with Crippen LogP contribution in [0.1, 0.15) is 127 Å². The Kier molecular flexibility index (Phi) is 11.2. The van der Waals surface area contributed by atoms with E-state index in [4.69, 9.17) is 0 Å². The Balaban J connectivity index is 1.33. The molecule has 0 amide bonds. The summed E-state index contributed by atoms with van der Waals surface area (Å²) in [5.41, 5.74) is 5.88. The largest absolute Gasteiger partial charge is 0.508 e. The van der Waals surface area contributed by atoms with Crippen LogP contribution in [0, 0.1) is 29.1 Å². The molecule has 0 aliphatic heterocycles. The van der Waals surface area contributed by atoms with Crippen molar-refractivity contribution in [2.45, 2.75) is 124 Å². The number of unbranched alkanes of at least 4 members (excludes halogenated alkanes) is 4. The number of rotatable bonds is 13. The van der Waals surface area contributed by atoms with Crippen LogP contribution in [0.4, 0.5) is 0 Å². The highest BCUT2D eigenvalue weighted by Gasteiger charge is 2.37. The molecule has 1 saturated carbocycles. The van der Waals surface area contributed by atoms with Gasteiger partial charge in [-0.1, -0.05) is 115 Å². The highest BCUT2D eigenvalue weighted by molar-refractivity contribution is 5.39. The van der Waals surface area contributed by atoms with Crippen LogP contribution in [0.2, 0.25) is 0 Å². The molecule has 4 rings (SSSR count). The second kappa shape index (κ2) is 14.6. The van der Waals surface area contributed by atoms with E-state index in [0.29, 0.717) is 11.2 Å². The molecule has 0 unspecified atom stereocenters. The first-order valence-corrected chi connectivity index (χ1v) is 16.4. The van der Waals surface area contributed by atoms with Crippen LogP contribution in [-0.4, -0.2) is 5.11 Å². The lowest BCUT2D eigenvalue weighted by atomic mass is 9.61. The van der Waals surface area contributed by atoms with Crippen molar-refractivity contribution in [3.8, 4) is 5.75 Å². The van der Waals surface area contributed by atoms with Gasteiger partial charge in [0.1, 0.15) is 5.75 Å². The SMILES string of the molecule is CC(C)CCCCCCCc1ccccc1Cc1cc(O)cc(C[C@@H]2CCC[C@@H]([C@@]3(C)C=CC[C@@H](C)C3)C2)c1. The normalized spacial score (nSPS) is 25.3. The van der Waals surface area contributed by atoms with Crippen molar-refractivity contribution >= 4 is 0 Å². The first-order chi connectivity index (χ1) is 18.8. The van der Waals surface area contributed by atoms with E-state index in [1.165, 1.54) is 106 Å². The first-order valence-electron chi connectivity index (χ1n) is 16.4. The van der Waals surface area contributed by atoms with Crippen LogP contribution in [0.5, 0.6) is 5.75 Å². The van der Waals surface area contributed by atoms with Crippen molar-refractivity contribution in [2.24, 2.45) is 29.1 Å². The average molecular weight is 529 g/mol. The highest BCUT2D eigenvalue weighted by atomic mass is 16.3. The standard InChI is InChI=1S/C38H56O/c1-29(2)14-8-6-5-7-9-17-34-18-10-11-19-35(34)24-33-23-32(26-37(39)27-33)22-31-16-12-20-36(25-31)38(4)21-13-15-30(3)28-38/h10-11,13,18-19,21,23,26-27,29-31,36,39H,5-9,12,14-17,20,22,24-25,28H2,1-4H3/t30-,31+,36-,38+/m1/s1. The van der Waals surface area contributed by atoms with Gasteiger partial charge in [0, 0.05) is 0 Å². The fourth-order valence-corrected chi connectivity index (χ4v) is 7.74. The van der Waals surface area contributed by atoms with Crippen molar-refractivity contribution in [3.05, 3.63) is 76.9 Å². The fourth-order valence-electron chi connectivity index (χ4n) is 7.74. The van der Waals surface area contributed by atoms with Gasteiger partial charge in [-0.3, -0.25) is 0 Å². The molecular formula is C38H56O. The van der Waals surface area contributed by atoms with Gasteiger partial charge in [0.05, 0.1) is 0 Å². The summed E-state index contributed by atoms with van der Waals surface area (Å²) in [6.07, 6.45) is 24.3. The molecule has 1 N–H and O–H groups in total. The van der Waals surface area contributed by atoms with E-state index in [2.05, 4.69) is 70.2 Å². The van der Waals surface area contributed by atoms with Crippen LogP contribution < -0.4 is 0 Å². The van der Waals surface area contributed by atoms with Crippen molar-refractivity contribution in [2.75, 3.05) is 0 Å². The van der Waals surface area contributed by atoms with Crippen LogP contribution in [0.15, 0.2) is 54.6 Å². The molecule has 1 fully saturated rings. The Bertz CT molecular complexity index is 1050. The molecule has 0 bridgehead atoms. The summed E-state index contributed by atoms with van der Waals surface area (Å²) < 4.78 is 0. The average Bonchev–Trinajstić information content (AvgIpc) is 2.88. The summed E-state index contributed by atoms with van der Waals surface area (Å²) in [5, 5.41) is 10.7. The number of allylic oxidation sites excluding steroid dienone is 2. The molecule has 1 nitrogen and oxygen atoms in total. The Morgan fingerprint density at radius 1 is 0.923 bits per heavy atom. The van der Waals surface area contributed by atoms with Crippen molar-refractivity contribution < 1.29 is 5.11 Å². The maximum atomic E-state index is 10.7. The number of hydrogen-bond acceptors (Lipinski definition) is 1. The number of aromatic hydroxyl groups is 1. The number of phenols is 1. The molecular weight excluding hydrogens is 472 g/mol. The van der Waals surface area contributed by atoms with Crippen molar-refractivity contribution in [3.63, 3.8) is 0 Å². The molecule has 2 aromatic rings. The van der Waals surface area contributed by atoms with Crippen LogP contribution in [0.25, 0.3) is 0 Å². The van der Waals surface area contributed by atoms with Gasteiger partial charge >= 0.3 is 0 Å². The minimum Gasteiger partial charge on any atom is -0.508 e. The lowest BCUT2D eigenvalue weighted by molar-refractivity contribution is 0.119. The van der Waals surface area contributed by atoms with Crippen LogP contribution in [0.3, 0.4) is 0 Å². The van der Waals surface area contributed by atoms with E-state index in [1.54, 1.807) is 0 Å². The minimum atomic E-state index is 0.373. The quantitative estimate of drug-likeness (QED) is 0.202. The van der Waals surface area contributed by atoms with Crippen molar-refractivity contribution in [1.82, 2.24) is 0 Å². The summed E-state index contributed by atoms with van der Waals surface area (Å²) in [4.78, 5) is 0. The summed E-state index contributed by atoms with van der Waals surface area (Å²) in [6.45, 7) is 9.59. The molecule has 39 heavy (non-hydrogen) atoms. The minimum absolute atomic E-state index is 0.373. The molecule has 214 valence electrons. The Morgan fingerprint density at radius 3 is 2.46 bits per heavy atom. The van der Waals surface area contributed by atoms with Gasteiger partial charge < -0.3 is 5.11 Å². The monoisotopic (exact) mass is 528 g/mol. The number of benzene rings is 2. The maximum Gasteiger partial charge on any atom is 0.116 e. The third-order valence-corrected chi connectivity index (χ3v) is 9.84. The molecule has 0 heterocycles. The molecule has 4 atom stereocenters. The van der Waals surface area contributed by atoms with E-state index in [0.717, 1.165) is 36.5 Å². The maximum absolute atomic E-state index is 10.7. The highest BCUT2D eigenvalue weighted by Crippen LogP contribution is 2.48. The predicted octanol–water partition coefficient (Wildman–Crippen LogP) is 10.9. The molecule has 2 aromatic carbocycles. The van der Waals surface area contributed by atoms with E-state index < -0.39 is 0 Å². The van der Waals surface area contributed by atoms with Crippen LogP contribution in [-0.2, 0) is 19.3 Å². The third kappa shape index (κ3) is 9.26. The molecule has 0 spiro atoms. The summed E-state index contributed by atoms with van der Waals surface area (Å²) in [7, 11) is 0. The zero-order valence-corrected chi connectivity index (χ0v) is 25.6. The van der Waals surface area contributed by atoms with Gasteiger partial charge in [-0.25, -0.2) is 0 Å². The van der Waals surface area contributed by atoms with E-state index in [-0.39, 0.29) is 0 Å². The molecule has 0 aromatic heterocycles. The van der Waals surface area contributed by atoms with Gasteiger partial charge in [0.25, 0.3) is 0 Å². The zero-order valence-electron chi connectivity index (χ0n) is 25.6. The molecule has 0 saturated heterocycles. The van der Waals surface area contributed by atoms with Gasteiger partial charge in [0.15, 0.2) is 0 Å². The van der Waals surface area contributed by atoms with Gasteiger partial charge in [-0.2, -0.15) is 0 Å². The number of aryl methyl sites for hydroxylation is 1. The summed E-state index contributed by atoms with van der Waals surface area (Å²) >= 11 is 0. The first kappa shape index (κ1) is 30.0. The second-order valence-electron chi connectivity index (χ2n) is 14.0. The lowest BCUT2D eigenvalue weighted by Crippen LogP contribution is -2.33. The van der Waals surface area contributed by atoms with Gasteiger partial charge in [-0.15, -0.1) is 0 Å². The van der Waals surface area contributed by atoms with Gasteiger partial charge in [0.2, 0.25) is 0 Å². The molecule has 1 heteroatoms. The number of hydrogen-bond donors (Lipinski definition) is 1. The van der Waals surface area contributed by atoms with Crippen molar-refractivity contribution in [1.29, 1.82) is 0 Å². The molecule has 2 aliphatic rings. The Labute approximate surface area is 240 Å². The van der Waals surface area contributed by atoms with E-state index >= 15 is 0 Å². The van der Waals surface area contributed by atoms with E-state index in [1.807, 2.05) is 12.1 Å². The predicted molar refractivity (Wildman–Crippen MR) is 168 cm³/mol.